The third-order valence-electron chi connectivity index (χ3n) is 2.75. The largest absolute Gasteiger partial charge is 0.465 e. The maximum absolute atomic E-state index is 12.1. The van der Waals surface area contributed by atoms with Crippen LogP contribution in [0.25, 0.3) is 11.3 Å². The van der Waals surface area contributed by atoms with Crippen molar-refractivity contribution in [3.63, 3.8) is 0 Å². The fourth-order valence-corrected chi connectivity index (χ4v) is 2.44. The molecule has 2 rings (SSSR count). The molecule has 0 spiro atoms. The van der Waals surface area contributed by atoms with Crippen LogP contribution in [0.5, 0.6) is 0 Å². The summed E-state index contributed by atoms with van der Waals surface area (Å²) >= 11 is 1.15. The Balaban J connectivity index is 2.12. The van der Waals surface area contributed by atoms with Gasteiger partial charge in [-0.25, -0.2) is 14.8 Å². The summed E-state index contributed by atoms with van der Waals surface area (Å²) in [6, 6.07) is 6.62. The number of thiazole rings is 1. The highest BCUT2D eigenvalue weighted by Crippen LogP contribution is 2.25. The number of hydrogen-bond acceptors (Lipinski definition) is 5. The first-order valence-corrected chi connectivity index (χ1v) is 7.44. The van der Waals surface area contributed by atoms with Crippen molar-refractivity contribution in [1.82, 2.24) is 4.98 Å². The molecule has 2 aromatic rings. The van der Waals surface area contributed by atoms with Gasteiger partial charge in [-0.1, -0.05) is 12.1 Å². The molecular weight excluding hydrogens is 345 g/mol. The highest BCUT2D eigenvalue weighted by molar-refractivity contribution is 7.14. The predicted octanol–water partition coefficient (Wildman–Crippen LogP) is 2.89. The van der Waals surface area contributed by atoms with Crippen LogP contribution >= 0.6 is 11.3 Å². The Morgan fingerprint density at radius 1 is 1.46 bits per heavy atom. The second-order valence-corrected chi connectivity index (χ2v) is 5.41. The lowest BCUT2D eigenvalue weighted by Crippen LogP contribution is -2.25. The zero-order valence-corrected chi connectivity index (χ0v) is 13.2. The number of benzene rings is 1. The van der Waals surface area contributed by atoms with Crippen LogP contribution in [0.1, 0.15) is 10.4 Å². The Labute approximate surface area is 139 Å². The fourth-order valence-electron chi connectivity index (χ4n) is 1.71. The number of esters is 1. The van der Waals surface area contributed by atoms with Crippen molar-refractivity contribution in [2.75, 3.05) is 19.0 Å². The second-order valence-electron chi connectivity index (χ2n) is 4.55. The molecule has 10 heteroatoms. The summed E-state index contributed by atoms with van der Waals surface area (Å²) in [6.07, 6.45) is -4.42. The molecule has 24 heavy (non-hydrogen) atoms. The Morgan fingerprint density at radius 3 is 2.88 bits per heavy atom. The van der Waals surface area contributed by atoms with Crippen molar-refractivity contribution in [3.05, 3.63) is 35.2 Å². The van der Waals surface area contributed by atoms with E-state index in [0.717, 1.165) is 11.3 Å². The number of hydrogen-bond donors (Lipinski definition) is 2. The van der Waals surface area contributed by atoms with Gasteiger partial charge in [-0.2, -0.15) is 13.2 Å². The van der Waals surface area contributed by atoms with E-state index in [1.807, 2.05) is 0 Å². The van der Waals surface area contributed by atoms with Gasteiger partial charge in [-0.15, -0.1) is 11.3 Å². The van der Waals surface area contributed by atoms with E-state index in [-0.39, 0.29) is 11.1 Å². The zero-order chi connectivity index (χ0) is 17.7. The minimum Gasteiger partial charge on any atom is -0.465 e. The minimum atomic E-state index is -4.42. The van der Waals surface area contributed by atoms with Crippen LogP contribution in [-0.4, -0.2) is 36.7 Å². The summed E-state index contributed by atoms with van der Waals surface area (Å²) in [5, 5.41) is 4.46. The molecule has 0 aliphatic heterocycles. The number of methoxy groups -OCH3 is 1. The first kappa shape index (κ1) is 17.7. The SMILES string of the molecule is COC(=O)c1cccc(-c2csc(NC(N)=NCC(F)(F)F)n2)c1. The second kappa shape index (κ2) is 7.30. The van der Waals surface area contributed by atoms with E-state index in [1.165, 1.54) is 7.11 Å². The molecule has 0 aliphatic carbocycles. The van der Waals surface area contributed by atoms with Gasteiger partial charge in [0, 0.05) is 10.9 Å². The van der Waals surface area contributed by atoms with Gasteiger partial charge in [0.25, 0.3) is 0 Å². The molecule has 1 aromatic carbocycles. The number of ether oxygens (including phenoxy) is 1. The molecule has 0 fully saturated rings. The van der Waals surface area contributed by atoms with Gasteiger partial charge in [0.1, 0.15) is 6.54 Å². The summed E-state index contributed by atoms with van der Waals surface area (Å²) in [5.41, 5.74) is 6.95. The van der Waals surface area contributed by atoms with Gasteiger partial charge in [0.05, 0.1) is 18.4 Å². The Hall–Kier alpha value is -2.62. The minimum absolute atomic E-state index is 0.289. The molecule has 0 radical (unpaired) electrons. The number of aliphatic imine (C=N–C) groups is 1. The average Bonchev–Trinajstić information content (AvgIpc) is 3.00. The molecule has 0 aliphatic rings. The third kappa shape index (κ3) is 4.95. The quantitative estimate of drug-likeness (QED) is 0.498. The van der Waals surface area contributed by atoms with E-state index in [9.17, 15) is 18.0 Å². The van der Waals surface area contributed by atoms with Crippen molar-refractivity contribution in [2.24, 2.45) is 10.7 Å². The van der Waals surface area contributed by atoms with Gasteiger partial charge >= 0.3 is 12.1 Å². The molecule has 0 atom stereocenters. The fraction of sp³-hybridized carbons (Fsp3) is 0.214. The summed E-state index contributed by atoms with van der Waals surface area (Å²) in [6.45, 7) is -1.37. The molecule has 6 nitrogen and oxygen atoms in total. The third-order valence-corrected chi connectivity index (χ3v) is 3.51. The maximum Gasteiger partial charge on any atom is 0.408 e. The Kier molecular flexibility index (Phi) is 5.39. The van der Waals surface area contributed by atoms with Gasteiger partial charge in [0.15, 0.2) is 11.1 Å². The smallest absolute Gasteiger partial charge is 0.408 e. The molecule has 1 heterocycles. The number of nitrogens with zero attached hydrogens (tertiary/aromatic N) is 2. The zero-order valence-electron chi connectivity index (χ0n) is 12.4. The number of alkyl halides is 3. The van der Waals surface area contributed by atoms with E-state index >= 15 is 0 Å². The predicted molar refractivity (Wildman–Crippen MR) is 85.1 cm³/mol. The number of rotatable bonds is 4. The Morgan fingerprint density at radius 2 is 2.21 bits per heavy atom. The molecular formula is C14H13F3N4O2S. The van der Waals surface area contributed by atoms with Crippen molar-refractivity contribution in [3.8, 4) is 11.3 Å². The van der Waals surface area contributed by atoms with Gasteiger partial charge in [0.2, 0.25) is 0 Å². The van der Waals surface area contributed by atoms with Crippen LogP contribution in [0.15, 0.2) is 34.6 Å². The summed E-state index contributed by atoms with van der Waals surface area (Å²) in [4.78, 5) is 18.9. The standard InChI is InChI=1S/C14H13F3N4O2S/c1-23-11(22)9-4-2-3-8(5-9)10-6-24-13(20-10)21-12(18)19-7-14(15,16)17/h2-6H,7H2,1H3,(H3,18,19,20,21). The van der Waals surface area contributed by atoms with Crippen LogP contribution < -0.4 is 11.1 Å². The highest BCUT2D eigenvalue weighted by Gasteiger charge is 2.26. The number of nitrogens with one attached hydrogen (secondary N) is 1. The van der Waals surface area contributed by atoms with Crippen molar-refractivity contribution < 1.29 is 22.7 Å². The number of halogens is 3. The first-order valence-electron chi connectivity index (χ1n) is 6.56. The number of anilines is 1. The molecule has 0 amide bonds. The van der Waals surface area contributed by atoms with Crippen molar-refractivity contribution in [1.29, 1.82) is 0 Å². The first-order chi connectivity index (χ1) is 11.3. The molecule has 0 saturated heterocycles. The van der Waals surface area contributed by atoms with Gasteiger partial charge in [-0.05, 0) is 12.1 Å². The van der Waals surface area contributed by atoms with Crippen LogP contribution in [0, 0.1) is 0 Å². The summed E-state index contributed by atoms with van der Waals surface area (Å²) < 4.78 is 40.9. The van der Waals surface area contributed by atoms with Crippen molar-refractivity contribution in [2.45, 2.75) is 6.18 Å². The number of carbonyl (C=O) groups is 1. The molecule has 128 valence electrons. The summed E-state index contributed by atoms with van der Waals surface area (Å²) in [7, 11) is 1.28. The number of carbonyl (C=O) groups excluding carboxylic acids is 1. The molecule has 0 bridgehead atoms. The Bertz CT molecular complexity index is 758. The highest BCUT2D eigenvalue weighted by atomic mass is 32.1. The van der Waals surface area contributed by atoms with E-state index in [2.05, 4.69) is 20.0 Å². The number of guanidine groups is 1. The molecule has 1 aromatic heterocycles. The molecule has 3 N–H and O–H groups in total. The molecule has 0 saturated carbocycles. The van der Waals surface area contributed by atoms with E-state index in [1.54, 1.807) is 29.6 Å². The average molecular weight is 358 g/mol. The van der Waals surface area contributed by atoms with Gasteiger partial charge < -0.3 is 15.8 Å². The maximum atomic E-state index is 12.1. The van der Waals surface area contributed by atoms with Crippen LogP contribution in [0.3, 0.4) is 0 Å². The van der Waals surface area contributed by atoms with Crippen LogP contribution in [-0.2, 0) is 4.74 Å². The lowest BCUT2D eigenvalue weighted by Gasteiger charge is -2.04. The summed E-state index contributed by atoms with van der Waals surface area (Å²) in [5.74, 6) is -0.856. The lowest BCUT2D eigenvalue weighted by molar-refractivity contribution is -0.118. The van der Waals surface area contributed by atoms with Crippen LogP contribution in [0.4, 0.5) is 18.3 Å². The van der Waals surface area contributed by atoms with Crippen molar-refractivity contribution >= 4 is 28.4 Å². The van der Waals surface area contributed by atoms with E-state index in [0.29, 0.717) is 16.8 Å². The monoisotopic (exact) mass is 358 g/mol. The van der Waals surface area contributed by atoms with Crippen LogP contribution in [0.2, 0.25) is 0 Å². The van der Waals surface area contributed by atoms with E-state index in [4.69, 9.17) is 5.73 Å². The topological polar surface area (TPSA) is 89.6 Å². The van der Waals surface area contributed by atoms with E-state index < -0.39 is 18.7 Å². The van der Waals surface area contributed by atoms with Gasteiger partial charge in [-0.3, -0.25) is 0 Å². The molecule has 0 unspecified atom stereocenters. The number of nitrogens with two attached hydrogens (primary N) is 1. The lowest BCUT2D eigenvalue weighted by atomic mass is 10.1. The normalized spacial score (nSPS) is 12.1. The number of aromatic nitrogens is 1.